The fraction of sp³-hybridized carbons (Fsp3) is 0.467. The summed E-state index contributed by atoms with van der Waals surface area (Å²) < 4.78 is 5.45. The molecule has 0 saturated heterocycles. The van der Waals surface area contributed by atoms with Crippen molar-refractivity contribution in [2.24, 2.45) is 5.92 Å². The number of benzene rings is 1. The van der Waals surface area contributed by atoms with Crippen molar-refractivity contribution >= 4 is 11.9 Å². The van der Waals surface area contributed by atoms with Crippen LogP contribution in [0.4, 0.5) is 0 Å². The lowest BCUT2D eigenvalue weighted by Gasteiger charge is -2.20. The number of amides is 1. The summed E-state index contributed by atoms with van der Waals surface area (Å²) in [7, 11) is 0. The predicted molar refractivity (Wildman–Crippen MR) is 75.1 cm³/mol. The van der Waals surface area contributed by atoms with Crippen LogP contribution in [-0.4, -0.2) is 29.1 Å². The Hall–Kier alpha value is -1.88. The van der Waals surface area contributed by atoms with E-state index in [0.29, 0.717) is 6.61 Å². The summed E-state index contributed by atoms with van der Waals surface area (Å²) in [5.41, 5.74) is 0.964. The van der Waals surface area contributed by atoms with Crippen LogP contribution in [0.5, 0.6) is 0 Å². The molecule has 0 radical (unpaired) electrons. The summed E-state index contributed by atoms with van der Waals surface area (Å²) in [4.78, 5) is 22.9. The van der Waals surface area contributed by atoms with Crippen LogP contribution in [0, 0.1) is 5.92 Å². The average Bonchev–Trinajstić information content (AvgIpc) is 2.42. The number of hydrogen-bond acceptors (Lipinski definition) is 3. The molecule has 1 unspecified atom stereocenters. The zero-order valence-electron chi connectivity index (χ0n) is 12.0. The third-order valence-electron chi connectivity index (χ3n) is 2.94. The number of hydrogen-bond donors (Lipinski definition) is 2. The number of carbonyl (C=O) groups is 2. The van der Waals surface area contributed by atoms with Gasteiger partial charge in [0.2, 0.25) is 5.91 Å². The molecule has 0 saturated carbocycles. The van der Waals surface area contributed by atoms with E-state index in [0.717, 1.165) is 5.56 Å². The molecule has 5 nitrogen and oxygen atoms in total. The predicted octanol–water partition coefficient (Wildman–Crippen LogP) is 1.82. The summed E-state index contributed by atoms with van der Waals surface area (Å²) in [5, 5.41) is 11.5. The Labute approximate surface area is 118 Å². The second kappa shape index (κ2) is 7.65. The lowest BCUT2D eigenvalue weighted by atomic mass is 10.0. The maximum atomic E-state index is 11.9. The number of nitrogens with one attached hydrogen (secondary N) is 1. The van der Waals surface area contributed by atoms with E-state index in [1.165, 1.54) is 0 Å². The van der Waals surface area contributed by atoms with Gasteiger partial charge in [-0.25, -0.2) is 4.79 Å². The molecule has 5 heteroatoms. The van der Waals surface area contributed by atoms with Crippen molar-refractivity contribution in [2.75, 3.05) is 0 Å². The van der Waals surface area contributed by atoms with Crippen molar-refractivity contribution in [1.82, 2.24) is 5.32 Å². The Bertz CT molecular complexity index is 444. The van der Waals surface area contributed by atoms with Gasteiger partial charge in [-0.3, -0.25) is 4.79 Å². The highest BCUT2D eigenvalue weighted by atomic mass is 16.5. The third kappa shape index (κ3) is 5.01. The van der Waals surface area contributed by atoms with Gasteiger partial charge in [0.05, 0.1) is 6.61 Å². The minimum Gasteiger partial charge on any atom is -0.480 e. The second-order valence-corrected chi connectivity index (χ2v) is 5.01. The number of carboxylic acid groups (broad SMARTS) is 1. The molecule has 20 heavy (non-hydrogen) atoms. The zero-order valence-corrected chi connectivity index (χ0v) is 12.0. The van der Waals surface area contributed by atoms with Crippen molar-refractivity contribution < 1.29 is 19.4 Å². The van der Waals surface area contributed by atoms with E-state index in [4.69, 9.17) is 9.84 Å². The topological polar surface area (TPSA) is 75.6 Å². The molecule has 1 aromatic rings. The lowest BCUT2D eigenvalue weighted by Crippen LogP contribution is -2.48. The first-order valence-corrected chi connectivity index (χ1v) is 6.60. The first-order valence-electron chi connectivity index (χ1n) is 6.60. The normalized spacial score (nSPS) is 13.8. The van der Waals surface area contributed by atoms with Crippen LogP contribution in [0.1, 0.15) is 26.3 Å². The molecular weight excluding hydrogens is 258 g/mol. The summed E-state index contributed by atoms with van der Waals surface area (Å²) in [5.74, 6) is -1.64. The number of aliphatic carboxylic acids is 1. The smallest absolute Gasteiger partial charge is 0.326 e. The van der Waals surface area contributed by atoms with E-state index in [1.54, 1.807) is 20.8 Å². The Morgan fingerprint density at radius 3 is 2.30 bits per heavy atom. The molecular formula is C15H21NO4. The van der Waals surface area contributed by atoms with Crippen molar-refractivity contribution in [3.05, 3.63) is 35.9 Å². The largest absolute Gasteiger partial charge is 0.480 e. The molecule has 1 aromatic carbocycles. The molecule has 0 aliphatic carbocycles. The zero-order chi connectivity index (χ0) is 15.1. The highest BCUT2D eigenvalue weighted by Crippen LogP contribution is 2.06. The van der Waals surface area contributed by atoms with Gasteiger partial charge in [0.25, 0.3) is 0 Å². The maximum Gasteiger partial charge on any atom is 0.326 e. The highest BCUT2D eigenvalue weighted by molar-refractivity contribution is 5.86. The second-order valence-electron chi connectivity index (χ2n) is 5.01. The van der Waals surface area contributed by atoms with Gasteiger partial charge in [0, 0.05) is 0 Å². The Morgan fingerprint density at radius 2 is 1.80 bits per heavy atom. The van der Waals surface area contributed by atoms with Gasteiger partial charge in [-0.05, 0) is 18.4 Å². The summed E-state index contributed by atoms with van der Waals surface area (Å²) >= 11 is 0. The molecule has 0 aliphatic heterocycles. The van der Waals surface area contributed by atoms with Crippen LogP contribution in [0.15, 0.2) is 30.3 Å². The average molecular weight is 279 g/mol. The molecule has 0 aromatic heterocycles. The quantitative estimate of drug-likeness (QED) is 0.798. The maximum absolute atomic E-state index is 11.9. The minimum absolute atomic E-state index is 0.183. The molecule has 0 bridgehead atoms. The molecule has 0 fully saturated rings. The molecule has 1 amide bonds. The van der Waals surface area contributed by atoms with Crippen molar-refractivity contribution in [2.45, 2.75) is 39.5 Å². The molecule has 2 atom stereocenters. The van der Waals surface area contributed by atoms with Crippen LogP contribution < -0.4 is 5.32 Å². The van der Waals surface area contributed by atoms with Crippen LogP contribution in [0.25, 0.3) is 0 Å². The molecule has 110 valence electrons. The lowest BCUT2D eigenvalue weighted by molar-refractivity contribution is -0.145. The van der Waals surface area contributed by atoms with Gasteiger partial charge in [0.15, 0.2) is 0 Å². The standard InChI is InChI=1S/C15H21NO4/c1-10(2)13(15(18)19)16-14(17)11(3)20-9-12-7-5-4-6-8-12/h4-8,10-11,13H,9H2,1-3H3,(H,16,17)(H,18,19)/t11?,13-/m1/s1. The summed E-state index contributed by atoms with van der Waals surface area (Å²) in [6, 6.07) is 8.59. The van der Waals surface area contributed by atoms with E-state index < -0.39 is 24.0 Å². The SMILES string of the molecule is CC(OCc1ccccc1)C(=O)N[C@@H](C(=O)O)C(C)C. The Balaban J connectivity index is 2.48. The molecule has 2 N–H and O–H groups in total. The van der Waals surface area contributed by atoms with Crippen LogP contribution in [0.2, 0.25) is 0 Å². The van der Waals surface area contributed by atoms with E-state index in [9.17, 15) is 9.59 Å². The monoisotopic (exact) mass is 279 g/mol. The summed E-state index contributed by atoms with van der Waals surface area (Å²) in [6.45, 7) is 5.41. The minimum atomic E-state index is -1.04. The van der Waals surface area contributed by atoms with Gasteiger partial charge in [-0.15, -0.1) is 0 Å². The summed E-state index contributed by atoms with van der Waals surface area (Å²) in [6.07, 6.45) is -0.698. The molecule has 0 aliphatic rings. The van der Waals surface area contributed by atoms with Crippen molar-refractivity contribution in [3.8, 4) is 0 Å². The van der Waals surface area contributed by atoms with E-state index in [2.05, 4.69) is 5.32 Å². The van der Waals surface area contributed by atoms with Crippen LogP contribution >= 0.6 is 0 Å². The number of carbonyl (C=O) groups excluding carboxylic acids is 1. The van der Waals surface area contributed by atoms with E-state index >= 15 is 0 Å². The van der Waals surface area contributed by atoms with E-state index in [-0.39, 0.29) is 5.92 Å². The van der Waals surface area contributed by atoms with Gasteiger partial charge in [0.1, 0.15) is 12.1 Å². The first-order chi connectivity index (χ1) is 9.41. The first kappa shape index (κ1) is 16.2. The van der Waals surface area contributed by atoms with Crippen LogP contribution in [0.3, 0.4) is 0 Å². The van der Waals surface area contributed by atoms with Gasteiger partial charge >= 0.3 is 5.97 Å². The van der Waals surface area contributed by atoms with E-state index in [1.807, 2.05) is 30.3 Å². The van der Waals surface area contributed by atoms with Crippen molar-refractivity contribution in [1.29, 1.82) is 0 Å². The van der Waals surface area contributed by atoms with Gasteiger partial charge in [-0.1, -0.05) is 44.2 Å². The third-order valence-corrected chi connectivity index (χ3v) is 2.94. The number of carboxylic acids is 1. The fourth-order valence-corrected chi connectivity index (χ4v) is 1.66. The molecule has 0 heterocycles. The number of rotatable bonds is 7. The molecule has 1 rings (SSSR count). The van der Waals surface area contributed by atoms with Crippen LogP contribution in [-0.2, 0) is 20.9 Å². The molecule has 0 spiro atoms. The Morgan fingerprint density at radius 1 is 1.20 bits per heavy atom. The van der Waals surface area contributed by atoms with Crippen molar-refractivity contribution in [3.63, 3.8) is 0 Å². The highest BCUT2D eigenvalue weighted by Gasteiger charge is 2.25. The van der Waals surface area contributed by atoms with Gasteiger partial charge < -0.3 is 15.2 Å². The fourth-order valence-electron chi connectivity index (χ4n) is 1.66. The Kier molecular flexibility index (Phi) is 6.18. The number of ether oxygens (including phenoxy) is 1. The van der Waals surface area contributed by atoms with Gasteiger partial charge in [-0.2, -0.15) is 0 Å².